The zero-order valence-electron chi connectivity index (χ0n) is 12.3. The molecule has 0 radical (unpaired) electrons. The SMILES string of the molecule is CCn1nc(C)c(N)c1C(=O)Nc1cccc(C)c1C. The van der Waals surface area contributed by atoms with Crippen LogP contribution in [0.25, 0.3) is 0 Å². The van der Waals surface area contributed by atoms with Gasteiger partial charge in [-0.1, -0.05) is 12.1 Å². The van der Waals surface area contributed by atoms with E-state index in [1.165, 1.54) is 0 Å². The topological polar surface area (TPSA) is 72.9 Å². The first-order valence-electron chi connectivity index (χ1n) is 6.66. The van der Waals surface area contributed by atoms with Gasteiger partial charge in [0, 0.05) is 12.2 Å². The maximum absolute atomic E-state index is 12.4. The van der Waals surface area contributed by atoms with Gasteiger partial charge in [0.15, 0.2) is 0 Å². The molecule has 3 N–H and O–H groups in total. The Labute approximate surface area is 118 Å². The Morgan fingerprint density at radius 3 is 2.70 bits per heavy atom. The number of nitrogens with one attached hydrogen (secondary N) is 1. The van der Waals surface area contributed by atoms with Gasteiger partial charge in [0.25, 0.3) is 5.91 Å². The number of aromatic nitrogens is 2. The van der Waals surface area contributed by atoms with Crippen molar-refractivity contribution in [1.29, 1.82) is 0 Å². The van der Waals surface area contributed by atoms with Gasteiger partial charge in [-0.2, -0.15) is 5.10 Å². The van der Waals surface area contributed by atoms with Crippen molar-refractivity contribution in [3.05, 3.63) is 40.7 Å². The third-order valence-corrected chi connectivity index (χ3v) is 3.54. The average Bonchev–Trinajstić information content (AvgIpc) is 2.70. The molecule has 0 unspecified atom stereocenters. The quantitative estimate of drug-likeness (QED) is 0.902. The highest BCUT2D eigenvalue weighted by Crippen LogP contribution is 2.21. The zero-order chi connectivity index (χ0) is 14.9. The summed E-state index contributed by atoms with van der Waals surface area (Å²) in [5.41, 5.74) is 10.5. The van der Waals surface area contributed by atoms with Crippen LogP contribution in [-0.4, -0.2) is 15.7 Å². The summed E-state index contributed by atoms with van der Waals surface area (Å²) in [5, 5.41) is 7.18. The van der Waals surface area contributed by atoms with E-state index in [0.29, 0.717) is 23.6 Å². The number of carbonyl (C=O) groups excluding carboxylic acids is 1. The number of hydrogen-bond acceptors (Lipinski definition) is 3. The number of nitrogens with zero attached hydrogens (tertiary/aromatic N) is 2. The van der Waals surface area contributed by atoms with Crippen LogP contribution in [0.3, 0.4) is 0 Å². The molecule has 0 bridgehead atoms. The van der Waals surface area contributed by atoms with Crippen LogP contribution in [0, 0.1) is 20.8 Å². The lowest BCUT2D eigenvalue weighted by Crippen LogP contribution is -2.19. The normalized spacial score (nSPS) is 10.6. The Morgan fingerprint density at radius 1 is 1.35 bits per heavy atom. The number of carbonyl (C=O) groups is 1. The van der Waals surface area contributed by atoms with E-state index >= 15 is 0 Å². The Bertz CT molecular complexity index is 658. The summed E-state index contributed by atoms with van der Waals surface area (Å²) in [5.74, 6) is -0.223. The van der Waals surface area contributed by atoms with Gasteiger partial charge >= 0.3 is 0 Å². The highest BCUT2D eigenvalue weighted by molar-refractivity contribution is 6.07. The maximum atomic E-state index is 12.4. The van der Waals surface area contributed by atoms with Gasteiger partial charge in [-0.15, -0.1) is 0 Å². The summed E-state index contributed by atoms with van der Waals surface area (Å²) in [6, 6.07) is 5.82. The molecule has 5 nitrogen and oxygen atoms in total. The third-order valence-electron chi connectivity index (χ3n) is 3.54. The minimum atomic E-state index is -0.223. The molecule has 1 aromatic heterocycles. The Morgan fingerprint density at radius 2 is 2.05 bits per heavy atom. The monoisotopic (exact) mass is 272 g/mol. The van der Waals surface area contributed by atoms with Crippen LogP contribution in [0.4, 0.5) is 11.4 Å². The molecule has 5 heteroatoms. The fourth-order valence-electron chi connectivity index (χ4n) is 2.13. The molecular weight excluding hydrogens is 252 g/mol. The number of hydrogen-bond donors (Lipinski definition) is 2. The molecule has 0 atom stereocenters. The minimum absolute atomic E-state index is 0.223. The number of anilines is 2. The van der Waals surface area contributed by atoms with Crippen LogP contribution in [0.2, 0.25) is 0 Å². The summed E-state index contributed by atoms with van der Waals surface area (Å²) in [7, 11) is 0. The molecule has 0 spiro atoms. The standard InChI is InChI=1S/C15H20N4O/c1-5-19-14(13(16)11(4)18-19)15(20)17-12-8-6-7-9(2)10(12)3/h6-8H,5,16H2,1-4H3,(H,17,20). The van der Waals surface area contributed by atoms with Gasteiger partial charge in [-0.25, -0.2) is 0 Å². The van der Waals surface area contributed by atoms with Gasteiger partial charge < -0.3 is 11.1 Å². The average molecular weight is 272 g/mol. The van der Waals surface area contributed by atoms with E-state index in [-0.39, 0.29) is 5.91 Å². The van der Waals surface area contributed by atoms with Gasteiger partial charge in [0.2, 0.25) is 0 Å². The van der Waals surface area contributed by atoms with Crippen molar-refractivity contribution in [1.82, 2.24) is 9.78 Å². The molecule has 0 aliphatic rings. The Balaban J connectivity index is 2.36. The first kappa shape index (κ1) is 14.1. The molecule has 1 heterocycles. The van der Waals surface area contributed by atoms with Crippen molar-refractivity contribution in [2.24, 2.45) is 0 Å². The van der Waals surface area contributed by atoms with Crippen molar-refractivity contribution in [3.8, 4) is 0 Å². The summed E-state index contributed by atoms with van der Waals surface area (Å²) in [4.78, 5) is 12.4. The number of benzene rings is 1. The highest BCUT2D eigenvalue weighted by atomic mass is 16.2. The van der Waals surface area contributed by atoms with Gasteiger partial charge in [-0.3, -0.25) is 9.48 Å². The molecule has 2 rings (SSSR count). The lowest BCUT2D eigenvalue weighted by Gasteiger charge is -2.11. The van der Waals surface area contributed by atoms with Crippen molar-refractivity contribution in [2.75, 3.05) is 11.1 Å². The molecule has 0 aliphatic heterocycles. The zero-order valence-corrected chi connectivity index (χ0v) is 12.3. The molecule has 2 aromatic rings. The van der Waals surface area contributed by atoms with Crippen molar-refractivity contribution in [2.45, 2.75) is 34.2 Å². The molecule has 106 valence electrons. The predicted octanol–water partition coefficient (Wildman–Crippen LogP) is 2.66. The second-order valence-electron chi connectivity index (χ2n) is 4.87. The van der Waals surface area contributed by atoms with Crippen LogP contribution in [0.15, 0.2) is 18.2 Å². The summed E-state index contributed by atoms with van der Waals surface area (Å²) < 4.78 is 1.63. The smallest absolute Gasteiger partial charge is 0.276 e. The molecular formula is C15H20N4O. The first-order chi connectivity index (χ1) is 9.45. The number of nitrogens with two attached hydrogens (primary N) is 1. The van der Waals surface area contributed by atoms with E-state index in [1.54, 1.807) is 11.6 Å². The fourth-order valence-corrected chi connectivity index (χ4v) is 2.13. The number of aryl methyl sites for hydroxylation is 3. The predicted molar refractivity (Wildman–Crippen MR) is 80.9 cm³/mol. The Kier molecular flexibility index (Phi) is 3.79. The second kappa shape index (κ2) is 5.36. The molecule has 0 saturated heterocycles. The van der Waals surface area contributed by atoms with Crippen molar-refractivity contribution < 1.29 is 4.79 Å². The van der Waals surface area contributed by atoms with Gasteiger partial charge in [-0.05, 0) is 44.9 Å². The molecule has 1 aromatic carbocycles. The van der Waals surface area contributed by atoms with E-state index in [4.69, 9.17) is 5.73 Å². The van der Waals surface area contributed by atoms with Crippen molar-refractivity contribution >= 4 is 17.3 Å². The fraction of sp³-hybridized carbons (Fsp3) is 0.333. The molecule has 0 saturated carbocycles. The highest BCUT2D eigenvalue weighted by Gasteiger charge is 2.19. The maximum Gasteiger partial charge on any atom is 0.276 e. The first-order valence-corrected chi connectivity index (χ1v) is 6.66. The number of amides is 1. The summed E-state index contributed by atoms with van der Waals surface area (Å²) in [6.45, 7) is 8.33. The van der Waals surface area contributed by atoms with Crippen LogP contribution in [0.5, 0.6) is 0 Å². The number of rotatable bonds is 3. The van der Waals surface area contributed by atoms with Crippen molar-refractivity contribution in [3.63, 3.8) is 0 Å². The van der Waals surface area contributed by atoms with E-state index in [2.05, 4.69) is 10.4 Å². The van der Waals surface area contributed by atoms with E-state index in [0.717, 1.165) is 16.8 Å². The summed E-state index contributed by atoms with van der Waals surface area (Å²) in [6.07, 6.45) is 0. The minimum Gasteiger partial charge on any atom is -0.395 e. The van der Waals surface area contributed by atoms with E-state index in [9.17, 15) is 4.79 Å². The second-order valence-corrected chi connectivity index (χ2v) is 4.87. The van der Waals surface area contributed by atoms with E-state index < -0.39 is 0 Å². The van der Waals surface area contributed by atoms with Crippen LogP contribution < -0.4 is 11.1 Å². The van der Waals surface area contributed by atoms with Gasteiger partial charge in [0.05, 0.1) is 11.4 Å². The molecule has 0 fully saturated rings. The molecule has 20 heavy (non-hydrogen) atoms. The number of nitrogen functional groups attached to an aromatic ring is 1. The molecule has 0 aliphatic carbocycles. The summed E-state index contributed by atoms with van der Waals surface area (Å²) >= 11 is 0. The van der Waals surface area contributed by atoms with Crippen LogP contribution >= 0.6 is 0 Å². The lowest BCUT2D eigenvalue weighted by molar-refractivity contribution is 0.101. The molecule has 1 amide bonds. The largest absolute Gasteiger partial charge is 0.395 e. The van der Waals surface area contributed by atoms with Crippen LogP contribution in [0.1, 0.15) is 34.2 Å². The van der Waals surface area contributed by atoms with Crippen LogP contribution in [-0.2, 0) is 6.54 Å². The van der Waals surface area contributed by atoms with Gasteiger partial charge in [0.1, 0.15) is 5.69 Å². The third kappa shape index (κ3) is 2.39. The van der Waals surface area contributed by atoms with E-state index in [1.807, 2.05) is 39.0 Å². The lowest BCUT2D eigenvalue weighted by atomic mass is 10.1. The Hall–Kier alpha value is -2.30.